The first-order valence-corrected chi connectivity index (χ1v) is 5.92. The number of benzene rings is 1. The van der Waals surface area contributed by atoms with Crippen molar-refractivity contribution in [1.82, 2.24) is 9.97 Å². The monoisotopic (exact) mass is 311 g/mol. The van der Waals surface area contributed by atoms with E-state index >= 15 is 0 Å². The van der Waals surface area contributed by atoms with Crippen LogP contribution in [0.1, 0.15) is 5.69 Å². The fourth-order valence-corrected chi connectivity index (χ4v) is 1.79. The molecule has 0 saturated heterocycles. The number of aromatic nitrogens is 2. The summed E-state index contributed by atoms with van der Waals surface area (Å²) in [5.41, 5.74) is 3.40. The summed E-state index contributed by atoms with van der Waals surface area (Å²) in [6.45, 7) is 1.80. The minimum atomic E-state index is -0.364. The maximum absolute atomic E-state index is 13.6. The van der Waals surface area contributed by atoms with Crippen molar-refractivity contribution < 1.29 is 4.39 Å². The highest BCUT2D eigenvalue weighted by atomic mass is 79.9. The van der Waals surface area contributed by atoms with E-state index in [1.54, 1.807) is 25.1 Å². The average molecular weight is 312 g/mol. The van der Waals surface area contributed by atoms with Crippen LogP contribution in [0, 0.1) is 12.7 Å². The minimum Gasteiger partial charge on any atom is -0.338 e. The summed E-state index contributed by atoms with van der Waals surface area (Å²) in [7, 11) is 0. The SMILES string of the molecule is Cc1cc(Nc2cc(Br)ccc2F)nc(NN)n1. The second kappa shape index (κ2) is 5.28. The van der Waals surface area contributed by atoms with Gasteiger partial charge in [0.05, 0.1) is 5.69 Å². The van der Waals surface area contributed by atoms with Crippen LogP contribution in [0.25, 0.3) is 0 Å². The maximum Gasteiger partial charge on any atom is 0.239 e. The van der Waals surface area contributed by atoms with Crippen LogP contribution in [0.2, 0.25) is 0 Å². The first-order chi connectivity index (χ1) is 8.58. The Bertz CT molecular complexity index is 575. The van der Waals surface area contributed by atoms with Crippen LogP contribution >= 0.6 is 15.9 Å². The van der Waals surface area contributed by atoms with Crippen LogP contribution in [0.5, 0.6) is 0 Å². The first-order valence-electron chi connectivity index (χ1n) is 5.13. The molecule has 0 fully saturated rings. The second-order valence-electron chi connectivity index (χ2n) is 3.61. The molecule has 0 aliphatic rings. The van der Waals surface area contributed by atoms with E-state index in [4.69, 9.17) is 5.84 Å². The van der Waals surface area contributed by atoms with Crippen molar-refractivity contribution in [2.75, 3.05) is 10.7 Å². The Kier molecular flexibility index (Phi) is 3.73. The molecule has 5 nitrogen and oxygen atoms in total. The lowest BCUT2D eigenvalue weighted by atomic mass is 10.3. The van der Waals surface area contributed by atoms with Gasteiger partial charge in [-0.25, -0.2) is 15.2 Å². The molecule has 0 aliphatic heterocycles. The third kappa shape index (κ3) is 2.93. The topological polar surface area (TPSA) is 75.9 Å². The van der Waals surface area contributed by atoms with Gasteiger partial charge in [-0.15, -0.1) is 0 Å². The summed E-state index contributed by atoms with van der Waals surface area (Å²) in [5, 5.41) is 2.88. The highest BCUT2D eigenvalue weighted by Crippen LogP contribution is 2.23. The number of hydrogen-bond acceptors (Lipinski definition) is 5. The van der Waals surface area contributed by atoms with E-state index in [0.717, 1.165) is 10.2 Å². The zero-order valence-electron chi connectivity index (χ0n) is 9.54. The lowest BCUT2D eigenvalue weighted by Crippen LogP contribution is -2.12. The zero-order valence-corrected chi connectivity index (χ0v) is 11.1. The van der Waals surface area contributed by atoms with E-state index < -0.39 is 0 Å². The molecule has 18 heavy (non-hydrogen) atoms. The number of hydrazine groups is 1. The van der Waals surface area contributed by atoms with E-state index in [1.807, 2.05) is 0 Å². The molecule has 0 unspecified atom stereocenters. The molecule has 94 valence electrons. The molecule has 0 aliphatic carbocycles. The Morgan fingerprint density at radius 2 is 2.06 bits per heavy atom. The van der Waals surface area contributed by atoms with Crippen molar-refractivity contribution in [2.24, 2.45) is 5.84 Å². The van der Waals surface area contributed by atoms with Crippen molar-refractivity contribution in [3.05, 3.63) is 40.2 Å². The fraction of sp³-hybridized carbons (Fsp3) is 0.0909. The molecule has 1 aromatic heterocycles. The number of anilines is 3. The largest absolute Gasteiger partial charge is 0.338 e. The Morgan fingerprint density at radius 1 is 1.28 bits per heavy atom. The Balaban J connectivity index is 2.33. The van der Waals surface area contributed by atoms with Gasteiger partial charge in [0.25, 0.3) is 0 Å². The number of hydrogen-bond donors (Lipinski definition) is 3. The lowest BCUT2D eigenvalue weighted by Gasteiger charge is -2.09. The summed E-state index contributed by atoms with van der Waals surface area (Å²) in [5.74, 6) is 5.62. The number of nitrogens with one attached hydrogen (secondary N) is 2. The van der Waals surface area contributed by atoms with Crippen LogP contribution in [0.4, 0.5) is 21.8 Å². The predicted octanol–water partition coefficient (Wildman–Crippen LogP) is 2.72. The second-order valence-corrected chi connectivity index (χ2v) is 4.53. The number of aryl methyl sites for hydroxylation is 1. The highest BCUT2D eigenvalue weighted by molar-refractivity contribution is 9.10. The molecule has 4 N–H and O–H groups in total. The maximum atomic E-state index is 13.6. The number of nitrogens with two attached hydrogens (primary N) is 1. The van der Waals surface area contributed by atoms with Crippen molar-refractivity contribution in [3.8, 4) is 0 Å². The molecule has 1 heterocycles. The molecule has 0 saturated carbocycles. The van der Waals surface area contributed by atoms with Gasteiger partial charge in [-0.05, 0) is 25.1 Å². The Labute approximate surface area is 112 Å². The zero-order chi connectivity index (χ0) is 13.1. The van der Waals surface area contributed by atoms with Crippen LogP contribution in [0.3, 0.4) is 0 Å². The quantitative estimate of drug-likeness (QED) is 0.600. The van der Waals surface area contributed by atoms with Gasteiger partial charge in [-0.2, -0.15) is 4.98 Å². The summed E-state index contributed by atoms with van der Waals surface area (Å²) < 4.78 is 14.3. The third-order valence-electron chi connectivity index (χ3n) is 2.17. The number of rotatable bonds is 3. The van der Waals surface area contributed by atoms with Gasteiger partial charge < -0.3 is 5.32 Å². The highest BCUT2D eigenvalue weighted by Gasteiger charge is 2.06. The van der Waals surface area contributed by atoms with Crippen LogP contribution in [0.15, 0.2) is 28.7 Å². The molecular formula is C11H11BrFN5. The molecule has 2 aromatic rings. The lowest BCUT2D eigenvalue weighted by molar-refractivity contribution is 0.631. The summed E-state index contributed by atoms with van der Waals surface area (Å²) >= 11 is 3.28. The smallest absolute Gasteiger partial charge is 0.239 e. The van der Waals surface area contributed by atoms with E-state index in [2.05, 4.69) is 36.6 Å². The van der Waals surface area contributed by atoms with Crippen molar-refractivity contribution >= 4 is 33.4 Å². The summed E-state index contributed by atoms with van der Waals surface area (Å²) in [4.78, 5) is 8.12. The Hall–Kier alpha value is -1.73. The van der Waals surface area contributed by atoms with Gasteiger partial charge in [0.15, 0.2) is 0 Å². The molecular weight excluding hydrogens is 301 g/mol. The van der Waals surface area contributed by atoms with Crippen molar-refractivity contribution in [3.63, 3.8) is 0 Å². The van der Waals surface area contributed by atoms with Crippen LogP contribution in [-0.4, -0.2) is 9.97 Å². The van der Waals surface area contributed by atoms with Gasteiger partial charge in [0.1, 0.15) is 11.6 Å². The average Bonchev–Trinajstić information content (AvgIpc) is 2.33. The minimum absolute atomic E-state index is 0.271. The molecule has 7 heteroatoms. The van der Waals surface area contributed by atoms with Gasteiger partial charge in [0.2, 0.25) is 5.95 Å². The van der Waals surface area contributed by atoms with Crippen LogP contribution < -0.4 is 16.6 Å². The molecule has 0 bridgehead atoms. The van der Waals surface area contributed by atoms with Gasteiger partial charge in [-0.3, -0.25) is 5.43 Å². The van der Waals surface area contributed by atoms with Gasteiger partial charge >= 0.3 is 0 Å². The standard InChI is InChI=1S/C11H11BrFN5/c1-6-4-10(17-11(15-6)18-14)16-9-5-7(12)2-3-8(9)13/h2-5H,14H2,1H3,(H2,15,16,17,18). The molecule has 1 aromatic carbocycles. The predicted molar refractivity (Wildman–Crippen MR) is 72.0 cm³/mol. The van der Waals surface area contributed by atoms with E-state index in [-0.39, 0.29) is 11.8 Å². The summed E-state index contributed by atoms with van der Waals surface area (Å²) in [6, 6.07) is 6.31. The van der Waals surface area contributed by atoms with Crippen molar-refractivity contribution in [1.29, 1.82) is 0 Å². The number of halogens is 2. The van der Waals surface area contributed by atoms with E-state index in [9.17, 15) is 4.39 Å². The van der Waals surface area contributed by atoms with E-state index in [0.29, 0.717) is 11.5 Å². The molecule has 0 atom stereocenters. The van der Waals surface area contributed by atoms with Gasteiger partial charge in [0, 0.05) is 16.2 Å². The molecule has 2 rings (SSSR count). The molecule has 0 amide bonds. The van der Waals surface area contributed by atoms with Crippen LogP contribution in [-0.2, 0) is 0 Å². The van der Waals surface area contributed by atoms with Crippen molar-refractivity contribution in [2.45, 2.75) is 6.92 Å². The Morgan fingerprint density at radius 3 is 2.78 bits per heavy atom. The normalized spacial score (nSPS) is 10.2. The fourth-order valence-electron chi connectivity index (χ4n) is 1.43. The van der Waals surface area contributed by atoms with E-state index in [1.165, 1.54) is 6.07 Å². The molecule has 0 spiro atoms. The molecule has 0 radical (unpaired) electrons. The third-order valence-corrected chi connectivity index (χ3v) is 2.67. The first kappa shape index (κ1) is 12.7. The van der Waals surface area contributed by atoms with Gasteiger partial charge in [-0.1, -0.05) is 15.9 Å². The number of nitrogens with zero attached hydrogens (tertiary/aromatic N) is 2. The summed E-state index contributed by atoms with van der Waals surface area (Å²) in [6.07, 6.45) is 0. The number of nitrogen functional groups attached to an aromatic ring is 1.